The molecule has 0 aromatic heterocycles. The fourth-order valence-electron chi connectivity index (χ4n) is 3.68. The van der Waals surface area contributed by atoms with Crippen molar-refractivity contribution in [3.05, 3.63) is 0 Å². The summed E-state index contributed by atoms with van der Waals surface area (Å²) >= 11 is 0. The van der Waals surface area contributed by atoms with Gasteiger partial charge in [0, 0.05) is 19.1 Å². The molecule has 3 N–H and O–H groups in total. The average molecular weight is 452 g/mol. The number of aliphatic imine (C=N–C) groups is 1. The summed E-state index contributed by atoms with van der Waals surface area (Å²) in [5, 5.41) is 16.5. The van der Waals surface area contributed by atoms with Gasteiger partial charge in [0.2, 0.25) is 0 Å². The Morgan fingerprint density at radius 1 is 1.08 bits per heavy atom. The maximum absolute atomic E-state index is 9.61. The van der Waals surface area contributed by atoms with Crippen LogP contribution in [0.4, 0.5) is 0 Å². The number of nitrogens with zero attached hydrogens (tertiary/aromatic N) is 2. The minimum atomic E-state index is -0.0958. The topological polar surface area (TPSA) is 59.9 Å². The summed E-state index contributed by atoms with van der Waals surface area (Å²) in [6, 6.07) is 0.462. The summed E-state index contributed by atoms with van der Waals surface area (Å²) in [6.45, 7) is 9.89. The number of guanidine groups is 1. The first-order valence-corrected chi connectivity index (χ1v) is 9.66. The third kappa shape index (κ3) is 7.87. The van der Waals surface area contributed by atoms with E-state index in [1.807, 2.05) is 0 Å². The first kappa shape index (κ1) is 22.0. The Hall–Kier alpha value is -0.0800. The molecule has 0 aromatic rings. The van der Waals surface area contributed by atoms with Crippen LogP contribution < -0.4 is 10.6 Å². The lowest BCUT2D eigenvalue weighted by Crippen LogP contribution is -2.45. The van der Waals surface area contributed by atoms with Gasteiger partial charge in [-0.15, -0.1) is 24.0 Å². The Labute approximate surface area is 165 Å². The Morgan fingerprint density at radius 3 is 2.33 bits per heavy atom. The Balaban J connectivity index is 0.00000288. The van der Waals surface area contributed by atoms with Crippen LogP contribution in [0, 0.1) is 5.92 Å². The fraction of sp³-hybridized carbons (Fsp3) is 0.944. The Bertz CT molecular complexity index is 351. The molecule has 0 radical (unpaired) electrons. The standard InChI is InChI=1S/C18H36N4O.HI/c1-3-19-18(21-16-5-7-17(23)8-6-16)20-12-9-15-10-13-22(4-2)14-11-15;/h15-17,23H,3-14H2,1-2H3,(H2,19,20,21);1H. The van der Waals surface area contributed by atoms with Crippen LogP contribution in [0.2, 0.25) is 0 Å². The largest absolute Gasteiger partial charge is 0.393 e. The lowest BCUT2D eigenvalue weighted by Gasteiger charge is -2.31. The summed E-state index contributed by atoms with van der Waals surface area (Å²) in [4.78, 5) is 7.32. The molecule has 0 atom stereocenters. The van der Waals surface area contributed by atoms with Crippen LogP contribution in [-0.2, 0) is 0 Å². The van der Waals surface area contributed by atoms with Gasteiger partial charge in [0.15, 0.2) is 5.96 Å². The van der Waals surface area contributed by atoms with Crippen molar-refractivity contribution < 1.29 is 5.11 Å². The van der Waals surface area contributed by atoms with Crippen molar-refractivity contribution in [2.75, 3.05) is 32.7 Å². The molecule has 0 amide bonds. The number of rotatable bonds is 6. The molecule has 2 fully saturated rings. The number of piperidine rings is 1. The van der Waals surface area contributed by atoms with Crippen molar-refractivity contribution in [3.63, 3.8) is 0 Å². The quantitative estimate of drug-likeness (QED) is 0.330. The van der Waals surface area contributed by atoms with Crippen LogP contribution in [0.3, 0.4) is 0 Å². The first-order valence-electron chi connectivity index (χ1n) is 9.66. The molecule has 1 heterocycles. The maximum atomic E-state index is 9.61. The Kier molecular flexibility index (Phi) is 11.3. The molecular weight excluding hydrogens is 415 g/mol. The number of halogens is 1. The number of likely N-dealkylation sites (tertiary alicyclic amines) is 1. The molecule has 1 aliphatic carbocycles. The van der Waals surface area contributed by atoms with Gasteiger partial charge >= 0.3 is 0 Å². The Morgan fingerprint density at radius 2 is 1.75 bits per heavy atom. The summed E-state index contributed by atoms with van der Waals surface area (Å²) in [5.41, 5.74) is 0. The van der Waals surface area contributed by atoms with Gasteiger partial charge in [-0.3, -0.25) is 4.99 Å². The van der Waals surface area contributed by atoms with Crippen LogP contribution in [-0.4, -0.2) is 60.8 Å². The maximum Gasteiger partial charge on any atom is 0.191 e. The van der Waals surface area contributed by atoms with Crippen molar-refractivity contribution in [1.29, 1.82) is 0 Å². The van der Waals surface area contributed by atoms with E-state index in [1.54, 1.807) is 0 Å². The van der Waals surface area contributed by atoms with Crippen molar-refractivity contribution in [3.8, 4) is 0 Å². The lowest BCUT2D eigenvalue weighted by atomic mass is 9.93. The van der Waals surface area contributed by atoms with Gasteiger partial charge in [-0.05, 0) is 77.4 Å². The molecule has 1 saturated heterocycles. The van der Waals surface area contributed by atoms with E-state index in [1.165, 1.54) is 38.9 Å². The van der Waals surface area contributed by atoms with E-state index < -0.39 is 0 Å². The number of hydrogen-bond donors (Lipinski definition) is 3. The zero-order chi connectivity index (χ0) is 16.5. The van der Waals surface area contributed by atoms with Gasteiger partial charge in [-0.1, -0.05) is 6.92 Å². The molecule has 2 aliphatic rings. The minimum Gasteiger partial charge on any atom is -0.393 e. The minimum absolute atomic E-state index is 0. The summed E-state index contributed by atoms with van der Waals surface area (Å²) < 4.78 is 0. The van der Waals surface area contributed by atoms with Crippen LogP contribution in [0.25, 0.3) is 0 Å². The molecule has 24 heavy (non-hydrogen) atoms. The monoisotopic (exact) mass is 452 g/mol. The molecule has 0 spiro atoms. The highest BCUT2D eigenvalue weighted by Crippen LogP contribution is 2.20. The van der Waals surface area contributed by atoms with Gasteiger partial charge in [0.25, 0.3) is 0 Å². The van der Waals surface area contributed by atoms with Crippen LogP contribution in [0.1, 0.15) is 58.8 Å². The molecule has 2 rings (SSSR count). The van der Waals surface area contributed by atoms with E-state index in [4.69, 9.17) is 4.99 Å². The van der Waals surface area contributed by atoms with Crippen LogP contribution >= 0.6 is 24.0 Å². The second-order valence-corrected chi connectivity index (χ2v) is 7.08. The highest BCUT2D eigenvalue weighted by Gasteiger charge is 2.20. The van der Waals surface area contributed by atoms with Crippen molar-refractivity contribution >= 4 is 29.9 Å². The molecule has 6 heteroatoms. The van der Waals surface area contributed by atoms with Crippen molar-refractivity contribution in [1.82, 2.24) is 15.5 Å². The van der Waals surface area contributed by atoms with E-state index in [2.05, 4.69) is 29.4 Å². The van der Waals surface area contributed by atoms with E-state index >= 15 is 0 Å². The first-order chi connectivity index (χ1) is 11.2. The second-order valence-electron chi connectivity index (χ2n) is 7.08. The van der Waals surface area contributed by atoms with Crippen molar-refractivity contribution in [2.45, 2.75) is 70.9 Å². The summed E-state index contributed by atoms with van der Waals surface area (Å²) in [7, 11) is 0. The highest BCUT2D eigenvalue weighted by molar-refractivity contribution is 14.0. The third-order valence-electron chi connectivity index (χ3n) is 5.34. The molecule has 0 bridgehead atoms. The van der Waals surface area contributed by atoms with Gasteiger partial charge in [0.1, 0.15) is 0 Å². The van der Waals surface area contributed by atoms with Crippen LogP contribution in [0.15, 0.2) is 4.99 Å². The zero-order valence-corrected chi connectivity index (χ0v) is 17.8. The molecule has 1 saturated carbocycles. The number of nitrogens with one attached hydrogen (secondary N) is 2. The number of aliphatic hydroxyl groups excluding tert-OH is 1. The van der Waals surface area contributed by atoms with E-state index in [-0.39, 0.29) is 30.1 Å². The molecule has 0 unspecified atom stereocenters. The lowest BCUT2D eigenvalue weighted by molar-refractivity contribution is 0.120. The van der Waals surface area contributed by atoms with Gasteiger partial charge in [-0.25, -0.2) is 0 Å². The predicted octanol–water partition coefficient (Wildman–Crippen LogP) is 2.59. The average Bonchev–Trinajstić information content (AvgIpc) is 2.58. The molecule has 142 valence electrons. The SMILES string of the molecule is CCNC(=NCCC1CCN(CC)CC1)NC1CCC(O)CC1.I. The molecule has 5 nitrogen and oxygen atoms in total. The van der Waals surface area contributed by atoms with Gasteiger partial charge in [-0.2, -0.15) is 0 Å². The summed E-state index contributed by atoms with van der Waals surface area (Å²) in [6.07, 6.45) is 7.67. The normalized spacial score (nSPS) is 26.7. The molecule has 0 aromatic carbocycles. The predicted molar refractivity (Wildman–Crippen MR) is 112 cm³/mol. The van der Waals surface area contributed by atoms with Crippen molar-refractivity contribution in [2.24, 2.45) is 10.9 Å². The third-order valence-corrected chi connectivity index (χ3v) is 5.34. The molecule has 1 aliphatic heterocycles. The summed E-state index contributed by atoms with van der Waals surface area (Å²) in [5.74, 6) is 1.80. The molecular formula is C18H37IN4O. The number of hydrogen-bond acceptors (Lipinski definition) is 3. The zero-order valence-electron chi connectivity index (χ0n) is 15.5. The van der Waals surface area contributed by atoms with Crippen LogP contribution in [0.5, 0.6) is 0 Å². The van der Waals surface area contributed by atoms with Gasteiger partial charge < -0.3 is 20.6 Å². The van der Waals surface area contributed by atoms with E-state index in [9.17, 15) is 5.11 Å². The number of aliphatic hydroxyl groups is 1. The highest BCUT2D eigenvalue weighted by atomic mass is 127. The fourth-order valence-corrected chi connectivity index (χ4v) is 3.68. The second kappa shape index (κ2) is 12.3. The smallest absolute Gasteiger partial charge is 0.191 e. The van der Waals surface area contributed by atoms with Gasteiger partial charge in [0.05, 0.1) is 6.10 Å². The van der Waals surface area contributed by atoms with E-state index in [0.29, 0.717) is 6.04 Å². The van der Waals surface area contributed by atoms with E-state index in [0.717, 1.165) is 50.7 Å².